The molecular formula is C14H18N2OS. The predicted molar refractivity (Wildman–Crippen MR) is 77.4 cm³/mol. The van der Waals surface area contributed by atoms with Gasteiger partial charge in [0, 0.05) is 22.9 Å². The summed E-state index contributed by atoms with van der Waals surface area (Å²) in [6.07, 6.45) is 1.05. The van der Waals surface area contributed by atoms with Gasteiger partial charge in [-0.25, -0.2) is 0 Å². The average Bonchev–Trinajstić information content (AvgIpc) is 2.46. The van der Waals surface area contributed by atoms with Crippen LogP contribution < -0.4 is 10.5 Å². The molecule has 0 radical (unpaired) electrons. The van der Waals surface area contributed by atoms with Crippen molar-refractivity contribution in [2.75, 3.05) is 18.1 Å². The minimum Gasteiger partial charge on any atom is -0.493 e. The van der Waals surface area contributed by atoms with Gasteiger partial charge in [-0.2, -0.15) is 0 Å². The molecule has 3 nitrogen and oxygen atoms in total. The van der Waals surface area contributed by atoms with Gasteiger partial charge in [-0.3, -0.25) is 4.99 Å². The Kier molecular flexibility index (Phi) is 2.77. The minimum absolute atomic E-state index is 0.184. The first-order chi connectivity index (χ1) is 8.59. The van der Waals surface area contributed by atoms with Gasteiger partial charge in [-0.05, 0) is 38.5 Å². The number of fused-ring (bicyclic) bond motifs is 3. The maximum absolute atomic E-state index is 5.94. The number of nitrogens with zero attached hydrogens (tertiary/aromatic N) is 1. The second-order valence-electron chi connectivity index (χ2n) is 5.18. The van der Waals surface area contributed by atoms with E-state index in [-0.39, 0.29) is 5.54 Å². The maximum atomic E-state index is 5.94. The van der Waals surface area contributed by atoms with E-state index in [1.807, 2.05) is 30.0 Å². The number of nitrogen functional groups attached to an aromatic ring is 1. The van der Waals surface area contributed by atoms with Crippen LogP contribution in [0.3, 0.4) is 0 Å². The van der Waals surface area contributed by atoms with Crippen molar-refractivity contribution in [3.8, 4) is 5.75 Å². The molecule has 3 rings (SSSR count). The van der Waals surface area contributed by atoms with Crippen LogP contribution in [0.1, 0.15) is 25.8 Å². The van der Waals surface area contributed by atoms with Crippen molar-refractivity contribution in [2.45, 2.75) is 25.8 Å². The van der Waals surface area contributed by atoms with Crippen molar-refractivity contribution in [3.05, 3.63) is 23.8 Å². The lowest BCUT2D eigenvalue weighted by Gasteiger charge is -2.37. The summed E-state index contributed by atoms with van der Waals surface area (Å²) in [6, 6.07) is 5.90. The molecular weight excluding hydrogens is 244 g/mol. The third-order valence-electron chi connectivity index (χ3n) is 3.95. The second-order valence-corrected chi connectivity index (χ2v) is 6.39. The summed E-state index contributed by atoms with van der Waals surface area (Å²) in [5, 5.41) is 1.16. The molecule has 4 heteroatoms. The monoisotopic (exact) mass is 262 g/mol. The summed E-state index contributed by atoms with van der Waals surface area (Å²) in [6.45, 7) is 5.07. The number of thioether (sulfide) groups is 1. The number of anilines is 1. The van der Waals surface area contributed by atoms with Crippen molar-refractivity contribution in [2.24, 2.45) is 10.9 Å². The standard InChI is InChI=1S/C14H18N2OS/c1-9-16-14(2)10(8-18-9)5-6-17-13-4-3-11(15)7-12(13)14/h3-4,7,10H,5-6,8,15H2,1-2H3/t10-,14+/m1/s1. The topological polar surface area (TPSA) is 47.6 Å². The Morgan fingerprint density at radius 1 is 1.50 bits per heavy atom. The molecule has 0 fully saturated rings. The smallest absolute Gasteiger partial charge is 0.125 e. The van der Waals surface area contributed by atoms with Gasteiger partial charge < -0.3 is 10.5 Å². The number of benzene rings is 1. The van der Waals surface area contributed by atoms with E-state index < -0.39 is 0 Å². The summed E-state index contributed by atoms with van der Waals surface area (Å²) >= 11 is 1.85. The summed E-state index contributed by atoms with van der Waals surface area (Å²) < 4.78 is 5.86. The highest BCUT2D eigenvalue weighted by molar-refractivity contribution is 8.13. The number of hydrogen-bond acceptors (Lipinski definition) is 4. The molecule has 18 heavy (non-hydrogen) atoms. The molecule has 96 valence electrons. The molecule has 0 spiro atoms. The highest BCUT2D eigenvalue weighted by Gasteiger charge is 2.42. The van der Waals surface area contributed by atoms with E-state index in [4.69, 9.17) is 15.5 Å². The van der Waals surface area contributed by atoms with Crippen LogP contribution in [0, 0.1) is 5.92 Å². The van der Waals surface area contributed by atoms with Crippen LogP contribution in [-0.4, -0.2) is 17.4 Å². The highest BCUT2D eigenvalue weighted by Crippen LogP contribution is 2.47. The SMILES string of the molecule is CC1=N[C@]2(C)c3cc(N)ccc3OCC[C@@H]2CS1. The van der Waals surface area contributed by atoms with Gasteiger partial charge in [0.1, 0.15) is 5.75 Å². The summed E-state index contributed by atoms with van der Waals surface area (Å²) in [5.74, 6) is 2.58. The number of hydrogen-bond donors (Lipinski definition) is 1. The molecule has 0 bridgehead atoms. The van der Waals surface area contributed by atoms with Crippen LogP contribution in [0.2, 0.25) is 0 Å². The van der Waals surface area contributed by atoms with Crippen LogP contribution in [0.15, 0.2) is 23.2 Å². The largest absolute Gasteiger partial charge is 0.493 e. The zero-order valence-electron chi connectivity index (χ0n) is 10.8. The highest BCUT2D eigenvalue weighted by atomic mass is 32.2. The minimum atomic E-state index is -0.184. The lowest BCUT2D eigenvalue weighted by atomic mass is 9.79. The first-order valence-electron chi connectivity index (χ1n) is 6.31. The molecule has 0 saturated heterocycles. The van der Waals surface area contributed by atoms with Crippen molar-refractivity contribution < 1.29 is 4.74 Å². The van der Waals surface area contributed by atoms with Crippen LogP contribution in [-0.2, 0) is 5.54 Å². The number of nitrogens with two attached hydrogens (primary N) is 1. The predicted octanol–water partition coefficient (Wildman–Crippen LogP) is 3.05. The number of aliphatic imine (C=N–C) groups is 1. The summed E-state index contributed by atoms with van der Waals surface area (Å²) in [7, 11) is 0. The van der Waals surface area contributed by atoms with Gasteiger partial charge >= 0.3 is 0 Å². The third kappa shape index (κ3) is 1.79. The first kappa shape index (κ1) is 11.9. The normalized spacial score (nSPS) is 30.6. The van der Waals surface area contributed by atoms with E-state index >= 15 is 0 Å². The lowest BCUT2D eigenvalue weighted by molar-refractivity contribution is 0.271. The Balaban J connectivity index is 2.19. The van der Waals surface area contributed by atoms with E-state index in [0.717, 1.165) is 40.8 Å². The van der Waals surface area contributed by atoms with Crippen molar-refractivity contribution in [3.63, 3.8) is 0 Å². The fraction of sp³-hybridized carbons (Fsp3) is 0.500. The first-order valence-corrected chi connectivity index (χ1v) is 7.30. The molecule has 0 unspecified atom stereocenters. The molecule has 2 N–H and O–H groups in total. The zero-order valence-corrected chi connectivity index (χ0v) is 11.6. The maximum Gasteiger partial charge on any atom is 0.125 e. The summed E-state index contributed by atoms with van der Waals surface area (Å²) in [4.78, 5) is 4.92. The molecule has 2 aliphatic rings. The average molecular weight is 262 g/mol. The van der Waals surface area contributed by atoms with Crippen LogP contribution in [0.4, 0.5) is 5.69 Å². The van der Waals surface area contributed by atoms with Gasteiger partial charge in [0.15, 0.2) is 0 Å². The lowest BCUT2D eigenvalue weighted by Crippen LogP contribution is -2.35. The van der Waals surface area contributed by atoms with Crippen LogP contribution in [0.25, 0.3) is 0 Å². The van der Waals surface area contributed by atoms with Gasteiger partial charge in [-0.15, -0.1) is 11.8 Å². The van der Waals surface area contributed by atoms with E-state index in [0.29, 0.717) is 5.92 Å². The fourth-order valence-electron chi connectivity index (χ4n) is 2.86. The molecule has 2 heterocycles. The van der Waals surface area contributed by atoms with Gasteiger partial charge in [0.2, 0.25) is 0 Å². The number of ether oxygens (including phenoxy) is 1. The molecule has 0 amide bonds. The molecule has 1 aromatic carbocycles. The number of rotatable bonds is 0. The molecule has 0 saturated carbocycles. The Bertz CT molecular complexity index is 515. The molecule has 0 aliphatic carbocycles. The quantitative estimate of drug-likeness (QED) is 0.731. The van der Waals surface area contributed by atoms with Crippen molar-refractivity contribution in [1.29, 1.82) is 0 Å². The molecule has 2 aliphatic heterocycles. The Hall–Kier alpha value is -1.16. The van der Waals surface area contributed by atoms with E-state index in [1.54, 1.807) is 0 Å². The molecule has 2 atom stereocenters. The Labute approximate surface area is 112 Å². The van der Waals surface area contributed by atoms with Crippen molar-refractivity contribution >= 4 is 22.5 Å². The molecule has 1 aromatic rings. The Morgan fingerprint density at radius 3 is 3.17 bits per heavy atom. The molecule has 0 aromatic heterocycles. The van der Waals surface area contributed by atoms with Crippen LogP contribution in [0.5, 0.6) is 5.75 Å². The Morgan fingerprint density at radius 2 is 2.33 bits per heavy atom. The van der Waals surface area contributed by atoms with Gasteiger partial charge in [0.05, 0.1) is 17.2 Å². The van der Waals surface area contributed by atoms with E-state index in [1.165, 1.54) is 0 Å². The third-order valence-corrected chi connectivity index (χ3v) is 5.03. The van der Waals surface area contributed by atoms with Gasteiger partial charge in [0.25, 0.3) is 0 Å². The van der Waals surface area contributed by atoms with E-state index in [9.17, 15) is 0 Å². The van der Waals surface area contributed by atoms with Crippen LogP contribution >= 0.6 is 11.8 Å². The van der Waals surface area contributed by atoms with Crippen molar-refractivity contribution in [1.82, 2.24) is 0 Å². The zero-order chi connectivity index (χ0) is 12.8. The fourth-order valence-corrected chi connectivity index (χ4v) is 4.05. The van der Waals surface area contributed by atoms with E-state index in [2.05, 4.69) is 13.8 Å². The summed E-state index contributed by atoms with van der Waals surface area (Å²) in [5.41, 5.74) is 7.68. The second kappa shape index (κ2) is 4.19. The van der Waals surface area contributed by atoms with Gasteiger partial charge in [-0.1, -0.05) is 0 Å².